The van der Waals surface area contributed by atoms with E-state index in [-0.39, 0.29) is 5.02 Å². The molecule has 0 saturated carbocycles. The van der Waals surface area contributed by atoms with Crippen LogP contribution < -0.4 is 0 Å². The van der Waals surface area contributed by atoms with Gasteiger partial charge in [-0.05, 0) is 30.3 Å². The fourth-order valence-corrected chi connectivity index (χ4v) is 3.74. The zero-order valence-electron chi connectivity index (χ0n) is 13.0. The molecule has 2 heterocycles. The molecule has 0 fully saturated rings. The molecular weight excluding hydrogens is 492 g/mol. The van der Waals surface area contributed by atoms with Gasteiger partial charge in [-0.15, -0.1) is 0 Å². The number of alkyl halides is 1. The molecule has 0 amide bonds. The third kappa shape index (κ3) is 3.97. The zero-order chi connectivity index (χ0) is 18.7. The quantitative estimate of drug-likeness (QED) is 0.363. The van der Waals surface area contributed by atoms with E-state index in [0.717, 1.165) is 4.47 Å². The van der Waals surface area contributed by atoms with Gasteiger partial charge in [0.15, 0.2) is 6.10 Å². The van der Waals surface area contributed by atoms with Gasteiger partial charge in [-0.3, -0.25) is 9.78 Å². The van der Waals surface area contributed by atoms with E-state index < -0.39 is 16.7 Å². The van der Waals surface area contributed by atoms with Crippen LogP contribution in [0.15, 0.2) is 47.3 Å². The number of aromatic nitrogens is 3. The Labute approximate surface area is 170 Å². The Balaban J connectivity index is 2.01. The van der Waals surface area contributed by atoms with Crippen LogP contribution in [0.25, 0.3) is 11.3 Å². The van der Waals surface area contributed by atoms with Crippen molar-refractivity contribution in [1.29, 1.82) is 0 Å². The molecule has 26 heavy (non-hydrogen) atoms. The van der Waals surface area contributed by atoms with Crippen molar-refractivity contribution in [2.75, 3.05) is 0 Å². The van der Waals surface area contributed by atoms with E-state index in [1.54, 1.807) is 24.4 Å². The Hall–Kier alpha value is -1.77. The lowest BCUT2D eigenvalue weighted by molar-refractivity contribution is -0.134. The highest BCUT2D eigenvalue weighted by atomic mass is 79.9. The molecule has 3 aromatic rings. The molecule has 1 N–H and O–H groups in total. The van der Waals surface area contributed by atoms with Crippen molar-refractivity contribution < 1.29 is 13.9 Å². The number of rotatable bonds is 6. The minimum atomic E-state index is -0.708. The number of hydrogen-bond donors (Lipinski definition) is 1. The number of pyridine rings is 1. The Kier molecular flexibility index (Phi) is 6.05. The largest absolute Gasteiger partial charge is 0.456 e. The first-order chi connectivity index (χ1) is 12.5. The molecule has 5 nitrogen and oxygen atoms in total. The normalized spacial score (nSPS) is 13.2. The molecule has 1 aromatic carbocycles. The maximum Gasteiger partial charge on any atom is 0.293 e. The molecule has 0 spiro atoms. The van der Waals surface area contributed by atoms with Gasteiger partial charge >= 0.3 is 0 Å². The van der Waals surface area contributed by atoms with E-state index in [2.05, 4.69) is 46.8 Å². The summed E-state index contributed by atoms with van der Waals surface area (Å²) in [6.07, 6.45) is 2.40. The lowest BCUT2D eigenvalue weighted by Crippen LogP contribution is -2.12. The number of nitrogens with one attached hydrogen (secondary N) is 1. The molecular formula is C17H11Br2ClFN3O2. The van der Waals surface area contributed by atoms with Crippen LogP contribution >= 0.6 is 43.5 Å². The van der Waals surface area contributed by atoms with Crippen LogP contribution in [-0.4, -0.2) is 21.4 Å². The van der Waals surface area contributed by atoms with E-state index in [1.165, 1.54) is 18.5 Å². The minimum Gasteiger partial charge on any atom is -0.456 e. The number of benzene rings is 1. The van der Waals surface area contributed by atoms with Gasteiger partial charge in [0.05, 0.1) is 33.3 Å². The molecule has 2 atom stereocenters. The van der Waals surface area contributed by atoms with E-state index in [0.29, 0.717) is 29.1 Å². The summed E-state index contributed by atoms with van der Waals surface area (Å²) in [6, 6.07) is 7.87. The van der Waals surface area contributed by atoms with Crippen LogP contribution in [0.5, 0.6) is 0 Å². The van der Waals surface area contributed by atoms with Crippen molar-refractivity contribution in [3.63, 3.8) is 0 Å². The van der Waals surface area contributed by atoms with Crippen molar-refractivity contribution in [3.05, 3.63) is 69.6 Å². The molecule has 0 saturated heterocycles. The molecule has 3 rings (SSSR count). The Bertz CT molecular complexity index is 938. The van der Waals surface area contributed by atoms with Crippen LogP contribution in [-0.2, 0) is 9.53 Å². The topological polar surface area (TPSA) is 67.9 Å². The van der Waals surface area contributed by atoms with Gasteiger partial charge in [-0.2, -0.15) is 0 Å². The summed E-state index contributed by atoms with van der Waals surface area (Å²) in [5.74, 6) is -0.511. The fourth-order valence-electron chi connectivity index (χ4n) is 2.46. The first-order valence-corrected chi connectivity index (χ1v) is 9.43. The van der Waals surface area contributed by atoms with Crippen molar-refractivity contribution in [2.45, 2.75) is 10.9 Å². The number of carbonyl (C=O) groups is 1. The number of nitrogens with zero attached hydrogens (tertiary/aromatic N) is 2. The van der Waals surface area contributed by atoms with Crippen molar-refractivity contribution in [3.8, 4) is 11.3 Å². The summed E-state index contributed by atoms with van der Waals surface area (Å²) in [7, 11) is 0. The van der Waals surface area contributed by atoms with Crippen LogP contribution in [0.4, 0.5) is 4.39 Å². The number of carbonyl (C=O) groups excluding carboxylic acids is 1. The van der Waals surface area contributed by atoms with Gasteiger partial charge in [-0.1, -0.05) is 43.5 Å². The standard InChI is InChI=1S/C17H11Br2ClFN3O2/c18-10-3-4-22-13(6-10)17(26-8-25)14(19)16-15(23-7-24-16)9-1-2-12(21)11(20)5-9/h1-8,14,17H,(H,23,24). The highest BCUT2D eigenvalue weighted by Crippen LogP contribution is 2.41. The number of halogens is 4. The number of aromatic amines is 1. The van der Waals surface area contributed by atoms with Crippen molar-refractivity contribution in [1.82, 2.24) is 15.0 Å². The van der Waals surface area contributed by atoms with E-state index >= 15 is 0 Å². The highest BCUT2D eigenvalue weighted by molar-refractivity contribution is 9.10. The van der Waals surface area contributed by atoms with E-state index in [9.17, 15) is 9.18 Å². The third-order valence-electron chi connectivity index (χ3n) is 3.64. The van der Waals surface area contributed by atoms with E-state index in [4.69, 9.17) is 16.3 Å². The predicted octanol–water partition coefficient (Wildman–Crippen LogP) is 5.38. The Morgan fingerprint density at radius 3 is 2.77 bits per heavy atom. The average Bonchev–Trinajstić information content (AvgIpc) is 3.11. The van der Waals surface area contributed by atoms with Crippen LogP contribution in [0, 0.1) is 5.82 Å². The summed E-state index contributed by atoms with van der Waals surface area (Å²) in [6.45, 7) is 0.367. The highest BCUT2D eigenvalue weighted by Gasteiger charge is 2.29. The summed E-state index contributed by atoms with van der Waals surface area (Å²) in [5, 5.41) is -0.00285. The molecule has 0 aliphatic carbocycles. The average molecular weight is 504 g/mol. The maximum absolute atomic E-state index is 13.4. The minimum absolute atomic E-state index is 0.00285. The van der Waals surface area contributed by atoms with Gasteiger partial charge in [0.25, 0.3) is 6.47 Å². The van der Waals surface area contributed by atoms with Gasteiger partial charge in [-0.25, -0.2) is 9.37 Å². The summed E-state index contributed by atoms with van der Waals surface area (Å²) in [5.41, 5.74) is 2.37. The van der Waals surface area contributed by atoms with E-state index in [1.807, 2.05) is 0 Å². The summed E-state index contributed by atoms with van der Waals surface area (Å²) < 4.78 is 19.5. The molecule has 0 aliphatic heterocycles. The molecule has 0 bridgehead atoms. The van der Waals surface area contributed by atoms with Crippen LogP contribution in [0.1, 0.15) is 22.3 Å². The number of H-pyrrole nitrogens is 1. The Morgan fingerprint density at radius 1 is 1.27 bits per heavy atom. The van der Waals surface area contributed by atoms with Crippen molar-refractivity contribution in [2.24, 2.45) is 0 Å². The van der Waals surface area contributed by atoms with Crippen LogP contribution in [0.3, 0.4) is 0 Å². The number of ether oxygens (including phenoxy) is 1. The summed E-state index contributed by atoms with van der Waals surface area (Å²) >= 11 is 12.8. The first-order valence-electron chi connectivity index (χ1n) is 7.34. The maximum atomic E-state index is 13.4. The molecule has 9 heteroatoms. The number of hydrogen-bond acceptors (Lipinski definition) is 4. The Morgan fingerprint density at radius 2 is 2.08 bits per heavy atom. The monoisotopic (exact) mass is 501 g/mol. The zero-order valence-corrected chi connectivity index (χ0v) is 16.9. The molecule has 2 aromatic heterocycles. The second-order valence-corrected chi connectivity index (χ2v) is 7.56. The van der Waals surface area contributed by atoms with Crippen molar-refractivity contribution >= 4 is 49.9 Å². The molecule has 2 unspecified atom stereocenters. The third-order valence-corrected chi connectivity index (χ3v) is 5.36. The lowest BCUT2D eigenvalue weighted by atomic mass is 10.0. The van der Waals surface area contributed by atoms with Crippen LogP contribution in [0.2, 0.25) is 5.02 Å². The van der Waals surface area contributed by atoms with Gasteiger partial charge in [0.1, 0.15) is 5.82 Å². The number of imidazole rings is 1. The smallest absolute Gasteiger partial charge is 0.293 e. The first kappa shape index (κ1) is 19.0. The SMILES string of the molecule is O=COC(c1cc(Br)ccn1)C(Br)c1[nH]cnc1-c1ccc(F)c(Cl)c1. The predicted molar refractivity (Wildman–Crippen MR) is 102 cm³/mol. The van der Waals surface area contributed by atoms with Gasteiger partial charge in [0, 0.05) is 16.2 Å². The lowest BCUT2D eigenvalue weighted by Gasteiger charge is -2.21. The molecule has 134 valence electrons. The second kappa shape index (κ2) is 8.28. The fraction of sp³-hybridized carbons (Fsp3) is 0.118. The second-order valence-electron chi connectivity index (χ2n) is 5.25. The molecule has 0 radical (unpaired) electrons. The molecule has 0 aliphatic rings. The summed E-state index contributed by atoms with van der Waals surface area (Å²) in [4.78, 5) is 22.1. The van der Waals surface area contributed by atoms with Gasteiger partial charge < -0.3 is 9.72 Å². The van der Waals surface area contributed by atoms with Gasteiger partial charge in [0.2, 0.25) is 0 Å².